The fraction of sp³-hybridized carbons (Fsp3) is 0.778. The van der Waals surface area contributed by atoms with Gasteiger partial charge in [0.15, 0.2) is 0 Å². The van der Waals surface area contributed by atoms with Crippen LogP contribution in [-0.2, 0) is 11.3 Å². The minimum Gasteiger partial charge on any atom is -0.339 e. The van der Waals surface area contributed by atoms with Crippen molar-refractivity contribution in [3.8, 4) is 0 Å². The number of aromatic nitrogens is 2. The predicted molar refractivity (Wildman–Crippen MR) is 92.8 cm³/mol. The van der Waals surface area contributed by atoms with Gasteiger partial charge in [-0.1, -0.05) is 0 Å². The second kappa shape index (κ2) is 6.48. The Balaban J connectivity index is 1.31. The molecule has 5 heterocycles. The topological polar surface area (TPSA) is 44.6 Å². The Bertz CT molecular complexity index is 597. The Kier molecular flexibility index (Phi) is 4.35. The van der Waals surface area contributed by atoms with Gasteiger partial charge in [-0.25, -0.2) is 4.98 Å². The number of nitrogens with zero attached hydrogens (tertiary/aromatic N) is 5. The number of aryl methyl sites for hydroxylation is 1. The van der Waals surface area contributed by atoms with Crippen molar-refractivity contribution in [1.29, 1.82) is 0 Å². The summed E-state index contributed by atoms with van der Waals surface area (Å²) in [6.45, 7) is 12.1. The monoisotopic (exact) mass is 331 g/mol. The second-order valence-electron chi connectivity index (χ2n) is 7.67. The molecule has 0 spiro atoms. The van der Waals surface area contributed by atoms with Gasteiger partial charge in [0.2, 0.25) is 5.91 Å². The van der Waals surface area contributed by atoms with Gasteiger partial charge in [-0.05, 0) is 45.7 Å². The van der Waals surface area contributed by atoms with E-state index in [9.17, 15) is 4.79 Å². The molecule has 0 aromatic carbocycles. The van der Waals surface area contributed by atoms with Crippen LogP contribution in [0, 0.1) is 19.8 Å². The number of hydrogen-bond donors (Lipinski definition) is 0. The van der Waals surface area contributed by atoms with Crippen molar-refractivity contribution < 1.29 is 4.79 Å². The van der Waals surface area contributed by atoms with E-state index in [4.69, 9.17) is 0 Å². The molecule has 24 heavy (non-hydrogen) atoms. The van der Waals surface area contributed by atoms with Gasteiger partial charge in [0, 0.05) is 44.5 Å². The predicted octanol–water partition coefficient (Wildman–Crippen LogP) is 0.738. The number of imidazole rings is 1. The average molecular weight is 331 g/mol. The molecule has 132 valence electrons. The van der Waals surface area contributed by atoms with Gasteiger partial charge >= 0.3 is 0 Å². The number of hydrogen-bond acceptors (Lipinski definition) is 4. The fourth-order valence-electron chi connectivity index (χ4n) is 4.60. The molecule has 0 N–H and O–H groups in total. The molecule has 2 bridgehead atoms. The summed E-state index contributed by atoms with van der Waals surface area (Å²) >= 11 is 0. The van der Waals surface area contributed by atoms with Crippen molar-refractivity contribution in [3.63, 3.8) is 0 Å². The van der Waals surface area contributed by atoms with E-state index in [-0.39, 0.29) is 5.91 Å². The first-order valence-electron chi connectivity index (χ1n) is 9.34. The number of fused-ring (bicyclic) bond motifs is 3. The van der Waals surface area contributed by atoms with Gasteiger partial charge in [-0.2, -0.15) is 0 Å². The molecule has 1 aromatic rings. The number of carbonyl (C=O) groups excluding carboxylic acids is 1. The molecule has 4 aliphatic heterocycles. The highest BCUT2D eigenvalue weighted by molar-refractivity contribution is 5.76. The van der Waals surface area contributed by atoms with Crippen molar-refractivity contribution in [1.82, 2.24) is 24.3 Å². The van der Waals surface area contributed by atoms with Gasteiger partial charge in [0.05, 0.1) is 12.0 Å². The maximum absolute atomic E-state index is 12.6. The summed E-state index contributed by atoms with van der Waals surface area (Å²) in [4.78, 5) is 24.2. The van der Waals surface area contributed by atoms with Crippen LogP contribution in [0.15, 0.2) is 6.33 Å². The van der Waals surface area contributed by atoms with E-state index < -0.39 is 0 Å². The lowest BCUT2D eigenvalue weighted by molar-refractivity contribution is -0.134. The van der Waals surface area contributed by atoms with Crippen molar-refractivity contribution >= 4 is 5.91 Å². The van der Waals surface area contributed by atoms with E-state index in [1.807, 2.05) is 23.3 Å². The highest BCUT2D eigenvalue weighted by Gasteiger charge is 2.38. The molecule has 4 fully saturated rings. The molecular weight excluding hydrogens is 302 g/mol. The molecule has 5 rings (SSSR count). The maximum atomic E-state index is 12.6. The van der Waals surface area contributed by atoms with E-state index in [1.165, 1.54) is 32.5 Å². The third-order valence-corrected chi connectivity index (χ3v) is 6.41. The average Bonchev–Trinajstić information content (AvgIpc) is 2.95. The number of piperidine rings is 3. The summed E-state index contributed by atoms with van der Waals surface area (Å²) in [5, 5.41) is 0. The second-order valence-corrected chi connectivity index (χ2v) is 7.67. The van der Waals surface area contributed by atoms with Crippen LogP contribution in [0.1, 0.15) is 24.2 Å². The summed E-state index contributed by atoms with van der Waals surface area (Å²) in [5.74, 6) is 1.11. The van der Waals surface area contributed by atoms with E-state index in [2.05, 4.69) is 14.8 Å². The highest BCUT2D eigenvalue weighted by atomic mass is 16.2. The van der Waals surface area contributed by atoms with Crippen LogP contribution in [0.2, 0.25) is 0 Å². The molecule has 1 amide bonds. The van der Waals surface area contributed by atoms with Gasteiger partial charge in [0.1, 0.15) is 6.54 Å². The van der Waals surface area contributed by atoms with Crippen molar-refractivity contribution in [2.24, 2.45) is 5.92 Å². The van der Waals surface area contributed by atoms with Crippen molar-refractivity contribution in [3.05, 3.63) is 17.7 Å². The molecule has 0 saturated carbocycles. The van der Waals surface area contributed by atoms with Crippen molar-refractivity contribution in [2.45, 2.75) is 39.3 Å². The SMILES string of the molecule is Cc1ncn(CC(=O)N2CCN(C3CN4CCC3CC4)CC2)c1C. The lowest BCUT2D eigenvalue weighted by Gasteiger charge is -2.51. The molecule has 1 atom stereocenters. The Morgan fingerprint density at radius 2 is 1.83 bits per heavy atom. The Morgan fingerprint density at radius 3 is 2.38 bits per heavy atom. The normalized spacial score (nSPS) is 30.8. The molecule has 4 aliphatic rings. The molecule has 6 heteroatoms. The van der Waals surface area contributed by atoms with Crippen molar-refractivity contribution in [2.75, 3.05) is 45.8 Å². The molecular formula is C18H29N5O. The Morgan fingerprint density at radius 1 is 1.12 bits per heavy atom. The first-order valence-corrected chi connectivity index (χ1v) is 9.34. The minimum absolute atomic E-state index is 0.226. The number of piperazine rings is 1. The zero-order valence-corrected chi connectivity index (χ0v) is 14.9. The quantitative estimate of drug-likeness (QED) is 0.819. The largest absolute Gasteiger partial charge is 0.339 e. The first kappa shape index (κ1) is 16.1. The van der Waals surface area contributed by atoms with Gasteiger partial charge in [-0.15, -0.1) is 0 Å². The summed E-state index contributed by atoms with van der Waals surface area (Å²) in [6.07, 6.45) is 4.51. The summed E-state index contributed by atoms with van der Waals surface area (Å²) in [7, 11) is 0. The van der Waals surface area contributed by atoms with E-state index in [0.29, 0.717) is 6.54 Å². The molecule has 0 radical (unpaired) electrons. The summed E-state index contributed by atoms with van der Waals surface area (Å²) in [6, 6.07) is 0.725. The molecule has 1 unspecified atom stereocenters. The summed E-state index contributed by atoms with van der Waals surface area (Å²) < 4.78 is 1.97. The van der Waals surface area contributed by atoms with Gasteiger partial charge in [0.25, 0.3) is 0 Å². The number of amides is 1. The van der Waals surface area contributed by atoms with Gasteiger partial charge < -0.3 is 14.4 Å². The van der Waals surface area contributed by atoms with Crippen LogP contribution < -0.4 is 0 Å². The lowest BCUT2D eigenvalue weighted by Crippen LogP contribution is -2.61. The standard InChI is InChI=1S/C18H29N5O/c1-14-15(2)23(13-19-14)12-18(24)22-9-7-21(8-10-22)17-11-20-5-3-16(17)4-6-20/h13,16-17H,3-12H2,1-2H3. The van der Waals surface area contributed by atoms with Crippen LogP contribution >= 0.6 is 0 Å². The van der Waals surface area contributed by atoms with Gasteiger partial charge in [-0.3, -0.25) is 9.69 Å². The first-order chi connectivity index (χ1) is 11.6. The maximum Gasteiger partial charge on any atom is 0.242 e. The third kappa shape index (κ3) is 2.97. The fourth-order valence-corrected chi connectivity index (χ4v) is 4.60. The summed E-state index contributed by atoms with van der Waals surface area (Å²) in [5.41, 5.74) is 2.10. The minimum atomic E-state index is 0.226. The van der Waals surface area contributed by atoms with Crippen LogP contribution in [0.4, 0.5) is 0 Å². The van der Waals surface area contributed by atoms with Crippen LogP contribution in [0.3, 0.4) is 0 Å². The number of carbonyl (C=O) groups is 1. The number of rotatable bonds is 3. The highest BCUT2D eigenvalue weighted by Crippen LogP contribution is 2.31. The van der Waals surface area contributed by atoms with E-state index in [0.717, 1.165) is 49.5 Å². The van der Waals surface area contributed by atoms with Crippen LogP contribution in [-0.4, -0.2) is 82.0 Å². The Hall–Kier alpha value is -1.40. The molecule has 0 aliphatic carbocycles. The zero-order valence-electron chi connectivity index (χ0n) is 14.9. The smallest absolute Gasteiger partial charge is 0.242 e. The molecule has 4 saturated heterocycles. The Labute approximate surface area is 144 Å². The van der Waals surface area contributed by atoms with E-state index >= 15 is 0 Å². The zero-order chi connectivity index (χ0) is 16.7. The molecule has 1 aromatic heterocycles. The molecule has 6 nitrogen and oxygen atoms in total. The lowest BCUT2D eigenvalue weighted by atomic mass is 9.83. The van der Waals surface area contributed by atoms with E-state index in [1.54, 1.807) is 6.33 Å². The third-order valence-electron chi connectivity index (χ3n) is 6.41. The van der Waals surface area contributed by atoms with Crippen LogP contribution in [0.25, 0.3) is 0 Å². The van der Waals surface area contributed by atoms with Crippen LogP contribution in [0.5, 0.6) is 0 Å².